The van der Waals surface area contributed by atoms with Crippen LogP contribution in [0.25, 0.3) is 32.1 Å². The molecule has 4 aromatic rings. The van der Waals surface area contributed by atoms with Crippen molar-refractivity contribution in [2.75, 3.05) is 43.5 Å². The Kier molecular flexibility index (Phi) is 7.50. The van der Waals surface area contributed by atoms with Gasteiger partial charge in [0.15, 0.2) is 11.6 Å². The summed E-state index contributed by atoms with van der Waals surface area (Å²) in [5.74, 6) is 0.411. The predicted octanol–water partition coefficient (Wildman–Crippen LogP) is 6.32. The summed E-state index contributed by atoms with van der Waals surface area (Å²) in [7, 11) is 0. The van der Waals surface area contributed by atoms with Gasteiger partial charge in [-0.1, -0.05) is 23.6 Å². The number of rotatable bonds is 6. The van der Waals surface area contributed by atoms with Gasteiger partial charge >= 0.3 is 6.01 Å². The van der Waals surface area contributed by atoms with Crippen molar-refractivity contribution in [3.05, 3.63) is 34.4 Å². The van der Waals surface area contributed by atoms with E-state index in [0.717, 1.165) is 28.7 Å². The molecule has 238 valence electrons. The van der Waals surface area contributed by atoms with Crippen LogP contribution >= 0.6 is 22.9 Å². The summed E-state index contributed by atoms with van der Waals surface area (Å²) in [4.78, 5) is 11.9. The number of nitriles is 1. The largest absolute Gasteiger partial charge is 0.488 e. The van der Waals surface area contributed by atoms with E-state index in [1.165, 1.54) is 6.07 Å². The summed E-state index contributed by atoms with van der Waals surface area (Å²) in [5, 5.41) is 9.49. The maximum atomic E-state index is 16.9. The Balaban J connectivity index is 1.47. The van der Waals surface area contributed by atoms with Gasteiger partial charge in [-0.15, -0.1) is 17.8 Å². The number of halogens is 6. The fourth-order valence-electron chi connectivity index (χ4n) is 6.94. The number of nitrogens with two attached hydrogens (primary N) is 1. The van der Waals surface area contributed by atoms with E-state index in [0.29, 0.717) is 13.0 Å². The highest BCUT2D eigenvalue weighted by molar-refractivity contribution is 7.23. The first-order valence-electron chi connectivity index (χ1n) is 14.4. The Morgan fingerprint density at radius 2 is 2.09 bits per heavy atom. The van der Waals surface area contributed by atoms with Crippen molar-refractivity contribution < 1.29 is 31.4 Å². The highest BCUT2D eigenvalue weighted by Gasteiger charge is 2.49. The Morgan fingerprint density at radius 3 is 2.83 bits per heavy atom. The third kappa shape index (κ3) is 4.65. The number of hydrogen-bond acceptors (Lipinski definition) is 9. The van der Waals surface area contributed by atoms with E-state index in [-0.39, 0.29) is 91.5 Å². The molecule has 46 heavy (non-hydrogen) atoms. The molecule has 8 nitrogen and oxygen atoms in total. The second-order valence-corrected chi connectivity index (χ2v) is 13.0. The van der Waals surface area contributed by atoms with Crippen LogP contribution in [0.3, 0.4) is 0 Å². The molecule has 0 spiro atoms. The van der Waals surface area contributed by atoms with Crippen LogP contribution in [-0.2, 0) is 0 Å². The van der Waals surface area contributed by atoms with Crippen LogP contribution in [-0.4, -0.2) is 71.9 Å². The third-order valence-electron chi connectivity index (χ3n) is 8.93. The number of nitrogens with zero attached hydrogens (tertiary/aromatic N) is 5. The molecular formula is C31H24ClF5N6O2S. The number of thiophene rings is 1. The lowest BCUT2D eigenvalue weighted by Crippen LogP contribution is -2.43. The summed E-state index contributed by atoms with van der Waals surface area (Å²) in [6.07, 6.45) is 3.58. The Labute approximate surface area is 268 Å². The lowest BCUT2D eigenvalue weighted by Gasteiger charge is -2.31. The molecule has 0 radical (unpaired) electrons. The van der Waals surface area contributed by atoms with Crippen molar-refractivity contribution in [1.29, 1.82) is 5.26 Å². The molecular weight excluding hydrogens is 651 g/mol. The first-order chi connectivity index (χ1) is 22.1. The minimum absolute atomic E-state index is 0.0138. The van der Waals surface area contributed by atoms with E-state index in [4.69, 9.17) is 33.2 Å². The predicted molar refractivity (Wildman–Crippen MR) is 164 cm³/mol. The fourth-order valence-corrected chi connectivity index (χ4v) is 8.22. The summed E-state index contributed by atoms with van der Waals surface area (Å²) in [6.45, 7) is -0.250. The van der Waals surface area contributed by atoms with Crippen LogP contribution in [0.1, 0.15) is 24.8 Å². The molecule has 2 N–H and O–H groups in total. The number of benzene rings is 2. The first-order valence-corrected chi connectivity index (χ1v) is 15.6. The minimum Gasteiger partial charge on any atom is -0.488 e. The second-order valence-electron chi connectivity index (χ2n) is 11.5. The highest BCUT2D eigenvalue weighted by atomic mass is 35.5. The van der Waals surface area contributed by atoms with Gasteiger partial charge in [-0.2, -0.15) is 15.2 Å². The van der Waals surface area contributed by atoms with E-state index in [9.17, 15) is 22.8 Å². The third-order valence-corrected chi connectivity index (χ3v) is 10.3. The molecule has 7 rings (SSSR count). The van der Waals surface area contributed by atoms with Gasteiger partial charge in [-0.3, -0.25) is 4.90 Å². The van der Waals surface area contributed by atoms with Gasteiger partial charge in [0.1, 0.15) is 53.6 Å². The van der Waals surface area contributed by atoms with Crippen LogP contribution < -0.4 is 20.1 Å². The maximum Gasteiger partial charge on any atom is 0.319 e. The quantitative estimate of drug-likeness (QED) is 0.188. The van der Waals surface area contributed by atoms with Crippen molar-refractivity contribution >= 4 is 54.7 Å². The Morgan fingerprint density at radius 1 is 1.28 bits per heavy atom. The monoisotopic (exact) mass is 674 g/mol. The maximum absolute atomic E-state index is 16.9. The average molecular weight is 675 g/mol. The van der Waals surface area contributed by atoms with Crippen LogP contribution in [0.15, 0.2) is 12.1 Å². The molecule has 3 aliphatic rings. The molecule has 2 aromatic carbocycles. The first kappa shape index (κ1) is 30.5. The number of ether oxygens (including phenoxy) is 2. The Bertz CT molecular complexity index is 2000. The topological polar surface area (TPSA) is 101 Å². The molecule has 15 heteroatoms. The van der Waals surface area contributed by atoms with Gasteiger partial charge in [0.25, 0.3) is 6.43 Å². The molecule has 0 bridgehead atoms. The summed E-state index contributed by atoms with van der Waals surface area (Å²) in [5.41, 5.74) is 4.71. The second kappa shape index (κ2) is 11.3. The van der Waals surface area contributed by atoms with Gasteiger partial charge in [0.05, 0.1) is 32.8 Å². The zero-order chi connectivity index (χ0) is 32.5. The van der Waals surface area contributed by atoms with Gasteiger partial charge < -0.3 is 20.1 Å². The highest BCUT2D eigenvalue weighted by Crippen LogP contribution is 2.51. The van der Waals surface area contributed by atoms with Crippen LogP contribution in [0.4, 0.5) is 32.8 Å². The Hall–Kier alpha value is -4.11. The van der Waals surface area contributed by atoms with Crippen molar-refractivity contribution in [3.63, 3.8) is 0 Å². The zero-order valence-electron chi connectivity index (χ0n) is 23.9. The molecule has 2 fully saturated rings. The van der Waals surface area contributed by atoms with Gasteiger partial charge in [-0.05, 0) is 31.0 Å². The summed E-state index contributed by atoms with van der Waals surface area (Å²) < 4.78 is 86.1. The number of hydrogen-bond donors (Lipinski definition) is 1. The average Bonchev–Trinajstić information content (AvgIpc) is 3.63. The van der Waals surface area contributed by atoms with Crippen molar-refractivity contribution in [3.8, 4) is 41.3 Å². The zero-order valence-corrected chi connectivity index (χ0v) is 25.5. The number of aromatic nitrogens is 2. The van der Waals surface area contributed by atoms with Crippen LogP contribution in [0.5, 0.6) is 11.8 Å². The van der Waals surface area contributed by atoms with E-state index >= 15 is 4.39 Å². The molecule has 2 saturated heterocycles. The van der Waals surface area contributed by atoms with Crippen molar-refractivity contribution in [2.24, 2.45) is 0 Å². The minimum atomic E-state index is -2.86. The molecule has 0 aliphatic carbocycles. The number of fused-ring (bicyclic) bond motifs is 2. The van der Waals surface area contributed by atoms with Gasteiger partial charge in [0.2, 0.25) is 0 Å². The number of anilines is 2. The fraction of sp³-hybridized carbons (Fsp3) is 0.387. The lowest BCUT2D eigenvalue weighted by atomic mass is 9.95. The van der Waals surface area contributed by atoms with Gasteiger partial charge in [0, 0.05) is 23.9 Å². The summed E-state index contributed by atoms with van der Waals surface area (Å²) >= 11 is 7.66. The molecule has 0 unspecified atom stereocenters. The van der Waals surface area contributed by atoms with Crippen LogP contribution in [0, 0.1) is 35.3 Å². The standard InChI is InChI=1S/C31H24ClF5N6O2S/c1-2-15-12-44-26-22-25(24(37)21(23(26)32)16-4-5-18(34)27-20(16)17(9-38)28(39)46-27)40-30(41-29(22)43(15)11-19(35)36)45-13-31-6-3-7-42(31)10-14(33)8-31/h1,4-5,14-15,19H,3,6-8,10-13,39H2/t14-,15+,31+/m1/s1. The normalized spacial score (nSPS) is 22.6. The smallest absolute Gasteiger partial charge is 0.319 e. The van der Waals surface area contributed by atoms with E-state index < -0.39 is 42.4 Å². The lowest BCUT2D eigenvalue weighted by molar-refractivity contribution is 0.107. The van der Waals surface area contributed by atoms with E-state index in [2.05, 4.69) is 15.9 Å². The molecule has 5 heterocycles. The van der Waals surface area contributed by atoms with Crippen molar-refractivity contribution in [2.45, 2.75) is 43.4 Å². The number of alkyl halides is 3. The summed E-state index contributed by atoms with van der Waals surface area (Å²) in [6, 6.07) is 2.89. The number of terminal acetylenes is 1. The molecule has 0 saturated carbocycles. The van der Waals surface area contributed by atoms with Crippen LogP contribution in [0.2, 0.25) is 5.02 Å². The van der Waals surface area contributed by atoms with Crippen molar-refractivity contribution in [1.82, 2.24) is 14.9 Å². The van der Waals surface area contributed by atoms with E-state index in [1.807, 2.05) is 11.0 Å². The molecule has 3 atom stereocenters. The molecule has 3 aliphatic heterocycles. The van der Waals surface area contributed by atoms with Gasteiger partial charge in [-0.25, -0.2) is 22.0 Å². The molecule has 0 amide bonds. The SMILES string of the molecule is C#C[C@H]1COc2c(Cl)c(-c3ccc(F)c4sc(N)c(C#N)c34)c(F)c3nc(OC[C@@]45CCCN4C[C@H](F)C5)nc(c23)N1CC(F)F. The molecule has 2 aromatic heterocycles. The van der Waals surface area contributed by atoms with E-state index in [1.54, 1.807) is 0 Å². The number of nitrogen functional groups attached to an aromatic ring is 1.